The van der Waals surface area contributed by atoms with Gasteiger partial charge in [-0.2, -0.15) is 4.98 Å². The summed E-state index contributed by atoms with van der Waals surface area (Å²) in [6.07, 6.45) is -0.526. The van der Waals surface area contributed by atoms with Crippen molar-refractivity contribution >= 4 is 22.8 Å². The minimum atomic E-state index is -1.03. The molecule has 0 saturated carbocycles. The molecule has 0 saturated heterocycles. The van der Waals surface area contributed by atoms with E-state index in [2.05, 4.69) is 4.98 Å². The fourth-order valence-corrected chi connectivity index (χ4v) is 3.70. The van der Waals surface area contributed by atoms with E-state index in [9.17, 15) is 9.59 Å². The molecule has 0 aliphatic heterocycles. The first-order valence-corrected chi connectivity index (χ1v) is 10.6. The number of methoxy groups -OCH3 is 1. The summed E-state index contributed by atoms with van der Waals surface area (Å²) in [5.74, 6) is -0.00134. The van der Waals surface area contributed by atoms with E-state index < -0.39 is 12.1 Å². The first kappa shape index (κ1) is 23.3. The molecule has 0 fully saturated rings. The second kappa shape index (κ2) is 9.02. The van der Waals surface area contributed by atoms with E-state index in [4.69, 9.17) is 14.6 Å². The number of aromatic nitrogens is 2. The standard InChI is InChI=1S/C25H30N2O5/c1-15-22(20(28)13-25(3,4)5)19-10-11-21(31-6)26-23(19)27(15)14-17-8-7-9-18(12-17)32-16(2)24(29)30/h7-12,16H,13-14H2,1-6H3,(H,29,30). The Hall–Kier alpha value is -3.35. The lowest BCUT2D eigenvalue weighted by atomic mass is 9.87. The van der Waals surface area contributed by atoms with Crippen molar-refractivity contribution in [3.8, 4) is 11.6 Å². The van der Waals surface area contributed by atoms with Crippen LogP contribution in [0.25, 0.3) is 11.0 Å². The number of carbonyl (C=O) groups excluding carboxylic acids is 1. The molecule has 1 aromatic carbocycles. The van der Waals surface area contributed by atoms with Crippen molar-refractivity contribution in [1.29, 1.82) is 0 Å². The van der Waals surface area contributed by atoms with E-state index in [-0.39, 0.29) is 11.2 Å². The van der Waals surface area contributed by atoms with Gasteiger partial charge < -0.3 is 19.1 Å². The maximum atomic E-state index is 13.2. The van der Waals surface area contributed by atoms with Crippen LogP contribution in [0.4, 0.5) is 0 Å². The number of nitrogens with zero attached hydrogens (tertiary/aromatic N) is 2. The van der Waals surface area contributed by atoms with Gasteiger partial charge in [-0.25, -0.2) is 4.79 Å². The van der Waals surface area contributed by atoms with Crippen LogP contribution in [0.15, 0.2) is 36.4 Å². The predicted octanol–water partition coefficient (Wildman–Crippen LogP) is 4.87. The number of rotatable bonds is 8. The van der Waals surface area contributed by atoms with E-state index in [1.807, 2.05) is 56.5 Å². The summed E-state index contributed by atoms with van der Waals surface area (Å²) in [6, 6.07) is 10.9. The molecule has 0 aliphatic rings. The topological polar surface area (TPSA) is 90.7 Å². The van der Waals surface area contributed by atoms with Crippen molar-refractivity contribution < 1.29 is 24.2 Å². The Labute approximate surface area is 188 Å². The molecular weight excluding hydrogens is 408 g/mol. The predicted molar refractivity (Wildman–Crippen MR) is 123 cm³/mol. The number of ether oxygens (including phenoxy) is 2. The van der Waals surface area contributed by atoms with Crippen LogP contribution >= 0.6 is 0 Å². The van der Waals surface area contributed by atoms with Gasteiger partial charge in [0.25, 0.3) is 0 Å². The summed E-state index contributed by atoms with van der Waals surface area (Å²) >= 11 is 0. The number of Topliss-reactive ketones (excluding diaryl/α,β-unsaturated/α-hetero) is 1. The number of carboxylic acid groups (broad SMARTS) is 1. The van der Waals surface area contributed by atoms with Gasteiger partial charge in [0.2, 0.25) is 5.88 Å². The van der Waals surface area contributed by atoms with Crippen LogP contribution in [-0.4, -0.2) is 39.6 Å². The molecule has 1 N–H and O–H groups in total. The second-order valence-corrected chi connectivity index (χ2v) is 9.18. The van der Waals surface area contributed by atoms with Gasteiger partial charge in [0, 0.05) is 35.7 Å². The molecule has 0 bridgehead atoms. The first-order chi connectivity index (χ1) is 15.0. The highest BCUT2D eigenvalue weighted by Gasteiger charge is 2.25. The van der Waals surface area contributed by atoms with E-state index >= 15 is 0 Å². The molecule has 3 rings (SSSR count). The molecule has 7 heteroatoms. The Kier molecular flexibility index (Phi) is 6.57. The summed E-state index contributed by atoms with van der Waals surface area (Å²) in [4.78, 5) is 28.9. The molecule has 2 heterocycles. The normalized spacial score (nSPS) is 12.6. The zero-order valence-corrected chi connectivity index (χ0v) is 19.4. The average molecular weight is 439 g/mol. The average Bonchev–Trinajstić information content (AvgIpc) is 2.97. The van der Waals surface area contributed by atoms with Crippen LogP contribution in [-0.2, 0) is 11.3 Å². The van der Waals surface area contributed by atoms with E-state index in [0.29, 0.717) is 35.8 Å². The van der Waals surface area contributed by atoms with Crippen LogP contribution in [0.1, 0.15) is 55.7 Å². The zero-order valence-electron chi connectivity index (χ0n) is 19.4. The number of hydrogen-bond acceptors (Lipinski definition) is 5. The lowest BCUT2D eigenvalue weighted by Gasteiger charge is -2.17. The molecule has 1 unspecified atom stereocenters. The fraction of sp³-hybridized carbons (Fsp3) is 0.400. The quantitative estimate of drug-likeness (QED) is 0.505. The molecule has 7 nitrogen and oxygen atoms in total. The largest absolute Gasteiger partial charge is 0.481 e. The summed E-state index contributed by atoms with van der Waals surface area (Å²) < 4.78 is 12.8. The van der Waals surface area contributed by atoms with Crippen molar-refractivity contribution in [2.45, 2.75) is 53.7 Å². The van der Waals surface area contributed by atoms with Gasteiger partial charge in [-0.1, -0.05) is 32.9 Å². The fourth-order valence-electron chi connectivity index (χ4n) is 3.70. The van der Waals surface area contributed by atoms with Crippen molar-refractivity contribution in [1.82, 2.24) is 9.55 Å². The Bertz CT molecular complexity index is 1160. The summed E-state index contributed by atoms with van der Waals surface area (Å²) in [5.41, 5.74) is 2.95. The number of aliphatic carboxylic acids is 1. The van der Waals surface area contributed by atoms with E-state index in [1.54, 1.807) is 19.2 Å². The van der Waals surface area contributed by atoms with Gasteiger partial charge >= 0.3 is 5.97 Å². The van der Waals surface area contributed by atoms with Gasteiger partial charge in [-0.15, -0.1) is 0 Å². The minimum absolute atomic E-state index is 0.0816. The third kappa shape index (κ3) is 5.10. The highest BCUT2D eigenvalue weighted by Crippen LogP contribution is 2.31. The monoisotopic (exact) mass is 438 g/mol. The third-order valence-electron chi connectivity index (χ3n) is 5.22. The molecule has 170 valence electrons. The van der Waals surface area contributed by atoms with Crippen molar-refractivity contribution in [2.75, 3.05) is 7.11 Å². The molecule has 0 spiro atoms. The van der Waals surface area contributed by atoms with Gasteiger partial charge in [0.15, 0.2) is 11.9 Å². The van der Waals surface area contributed by atoms with Gasteiger partial charge in [-0.3, -0.25) is 4.79 Å². The molecule has 32 heavy (non-hydrogen) atoms. The zero-order chi connectivity index (χ0) is 23.6. The Morgan fingerprint density at radius 1 is 1.19 bits per heavy atom. The van der Waals surface area contributed by atoms with Crippen LogP contribution < -0.4 is 9.47 Å². The van der Waals surface area contributed by atoms with Crippen molar-refractivity contribution in [2.24, 2.45) is 5.41 Å². The van der Waals surface area contributed by atoms with Crippen LogP contribution in [0, 0.1) is 12.3 Å². The van der Waals surface area contributed by atoms with Gasteiger partial charge in [0.1, 0.15) is 11.4 Å². The molecule has 3 aromatic rings. The Morgan fingerprint density at radius 3 is 2.53 bits per heavy atom. The number of ketones is 1. The molecule has 1 atom stereocenters. The maximum Gasteiger partial charge on any atom is 0.344 e. The second-order valence-electron chi connectivity index (χ2n) is 9.18. The summed E-state index contributed by atoms with van der Waals surface area (Å²) in [7, 11) is 1.56. The highest BCUT2D eigenvalue weighted by molar-refractivity contribution is 6.09. The molecule has 2 aromatic heterocycles. The molecule has 0 aliphatic carbocycles. The summed E-state index contributed by atoms with van der Waals surface area (Å²) in [6.45, 7) is 10.0. The Morgan fingerprint density at radius 2 is 1.91 bits per heavy atom. The lowest BCUT2D eigenvalue weighted by Crippen LogP contribution is -2.22. The van der Waals surface area contributed by atoms with Crippen molar-refractivity contribution in [3.05, 3.63) is 53.2 Å². The first-order valence-electron chi connectivity index (χ1n) is 10.6. The SMILES string of the molecule is COc1ccc2c(C(=O)CC(C)(C)C)c(C)n(Cc3cccc(OC(C)C(=O)O)c3)c2n1. The van der Waals surface area contributed by atoms with Crippen LogP contribution in [0.2, 0.25) is 0 Å². The van der Waals surface area contributed by atoms with Gasteiger partial charge in [-0.05, 0) is 43.0 Å². The Balaban J connectivity index is 2.05. The van der Waals surface area contributed by atoms with Gasteiger partial charge in [0.05, 0.1) is 7.11 Å². The number of carboxylic acids is 1. The van der Waals surface area contributed by atoms with Crippen molar-refractivity contribution in [3.63, 3.8) is 0 Å². The van der Waals surface area contributed by atoms with Crippen LogP contribution in [0.3, 0.4) is 0 Å². The number of carbonyl (C=O) groups is 2. The minimum Gasteiger partial charge on any atom is -0.481 e. The van der Waals surface area contributed by atoms with Crippen LogP contribution in [0.5, 0.6) is 11.6 Å². The lowest BCUT2D eigenvalue weighted by molar-refractivity contribution is -0.144. The number of hydrogen-bond donors (Lipinski definition) is 1. The molecule has 0 radical (unpaired) electrons. The number of pyridine rings is 1. The molecule has 0 amide bonds. The third-order valence-corrected chi connectivity index (χ3v) is 5.22. The number of fused-ring (bicyclic) bond motifs is 1. The maximum absolute atomic E-state index is 13.2. The van der Waals surface area contributed by atoms with E-state index in [0.717, 1.165) is 16.6 Å². The smallest absolute Gasteiger partial charge is 0.344 e. The highest BCUT2D eigenvalue weighted by atomic mass is 16.5. The van der Waals surface area contributed by atoms with E-state index in [1.165, 1.54) is 6.92 Å². The number of benzene rings is 1. The summed E-state index contributed by atoms with van der Waals surface area (Å²) in [5, 5.41) is 9.90. The molecular formula is C25H30N2O5.